The molecule has 1 aliphatic rings. The van der Waals surface area contributed by atoms with Crippen LogP contribution in [-0.2, 0) is 14.3 Å². The molecule has 0 unspecified atom stereocenters. The monoisotopic (exact) mass is 733 g/mol. The van der Waals surface area contributed by atoms with Crippen molar-refractivity contribution in [3.8, 4) is 0 Å². The molecule has 0 fully saturated rings. The molecule has 3 aromatic carbocycles. The first kappa shape index (κ1) is 42.2. The van der Waals surface area contributed by atoms with Crippen molar-refractivity contribution in [1.29, 1.82) is 0 Å². The Balaban J connectivity index is 1.34. The Morgan fingerprint density at radius 3 is 1.60 bits per heavy atom. The maximum Gasteiger partial charge on any atom is 0.306 e. The summed E-state index contributed by atoms with van der Waals surface area (Å²) in [5.74, 6) is -0.304. The molecule has 1 atom stereocenters. The van der Waals surface area contributed by atoms with Crippen molar-refractivity contribution in [2.45, 2.75) is 137 Å². The number of carbonyl (C=O) groups is 2. The zero-order chi connectivity index (χ0) is 37.9. The summed E-state index contributed by atoms with van der Waals surface area (Å²) < 4.78 is 5.84. The van der Waals surface area contributed by atoms with E-state index in [9.17, 15) is 9.59 Å². The molecule has 3 aromatic rings. The van der Waals surface area contributed by atoms with Gasteiger partial charge in [0.05, 0.1) is 6.16 Å². The van der Waals surface area contributed by atoms with E-state index in [0.29, 0.717) is 18.4 Å². The van der Waals surface area contributed by atoms with Crippen molar-refractivity contribution >= 4 is 34.9 Å². The highest BCUT2D eigenvalue weighted by molar-refractivity contribution is 7.95. The van der Waals surface area contributed by atoms with Gasteiger partial charge in [0, 0.05) is 12.8 Å². The maximum atomic E-state index is 13.5. The van der Waals surface area contributed by atoms with E-state index in [1.807, 2.05) is 6.92 Å². The van der Waals surface area contributed by atoms with Crippen LogP contribution < -0.4 is 15.9 Å². The Labute approximate surface area is 322 Å². The molecule has 0 amide bonds. The van der Waals surface area contributed by atoms with Crippen molar-refractivity contribution in [1.82, 2.24) is 0 Å². The molecule has 0 heterocycles. The number of benzene rings is 3. The lowest BCUT2D eigenvalue weighted by Crippen LogP contribution is -2.39. The van der Waals surface area contributed by atoms with Gasteiger partial charge in [-0.05, 0) is 79.3 Å². The fraction of sp³-hybridized carbons (Fsp3) is 0.469. The summed E-state index contributed by atoms with van der Waals surface area (Å²) in [5, 5.41) is 4.08. The van der Waals surface area contributed by atoms with Crippen LogP contribution in [0, 0.1) is 5.41 Å². The molecule has 0 saturated heterocycles. The van der Waals surface area contributed by atoms with Crippen molar-refractivity contribution < 1.29 is 14.3 Å². The van der Waals surface area contributed by atoms with Gasteiger partial charge in [-0.15, -0.1) is 0 Å². The van der Waals surface area contributed by atoms with Crippen molar-refractivity contribution in [2.24, 2.45) is 5.41 Å². The second-order valence-corrected chi connectivity index (χ2v) is 19.3. The minimum atomic E-state index is -1.98. The zero-order valence-corrected chi connectivity index (χ0v) is 34.3. The number of unbranched alkanes of at least 4 members (excludes halogenated alkanes) is 12. The number of esters is 1. The summed E-state index contributed by atoms with van der Waals surface area (Å²) in [6, 6.07) is 32.8. The van der Waals surface area contributed by atoms with Crippen molar-refractivity contribution in [3.05, 3.63) is 126 Å². The normalized spacial score (nSPS) is 16.4. The number of allylic oxidation sites excluding steroid dienone is 5. The highest BCUT2D eigenvalue weighted by Crippen LogP contribution is 2.55. The Morgan fingerprint density at radius 1 is 0.717 bits per heavy atom. The van der Waals surface area contributed by atoms with Gasteiger partial charge in [-0.25, -0.2) is 0 Å². The molecule has 284 valence electrons. The van der Waals surface area contributed by atoms with Crippen molar-refractivity contribution in [3.63, 3.8) is 0 Å². The second kappa shape index (κ2) is 22.0. The van der Waals surface area contributed by atoms with Crippen LogP contribution in [0.2, 0.25) is 0 Å². The first-order valence-corrected chi connectivity index (χ1v) is 22.5. The standard InChI is InChI=1S/C49H66O3P/c1-6-7-8-9-10-11-12-13-14-15-16-17-27-34-47(50)52-46-39-49(4,5)45(41(3)48(46)51)36-35-40(2)37-38-53(42-28-21-18-22-29-42,43-30-23-19-24-31-43)44-32-25-20-26-33-44/h18-26,28-33,35-37,46H,6-17,27,34,38-39H2,1-5H3/q+1/b36-35+,40-37+/t46-/m1/s1. The number of carbonyl (C=O) groups excluding carboxylic acids is 2. The van der Waals surface area contributed by atoms with E-state index in [0.717, 1.165) is 36.6 Å². The average Bonchev–Trinajstić information content (AvgIpc) is 3.17. The summed E-state index contributed by atoms with van der Waals surface area (Å²) in [6.07, 6.45) is 24.2. The summed E-state index contributed by atoms with van der Waals surface area (Å²) in [7, 11) is -1.98. The van der Waals surface area contributed by atoms with Crippen LogP contribution in [0.25, 0.3) is 0 Å². The summed E-state index contributed by atoms with van der Waals surface area (Å²) in [6.45, 7) is 10.6. The van der Waals surface area contributed by atoms with Crippen LogP contribution >= 0.6 is 7.26 Å². The van der Waals surface area contributed by atoms with E-state index in [1.54, 1.807) is 0 Å². The van der Waals surface area contributed by atoms with E-state index in [-0.39, 0.29) is 17.2 Å². The average molecular weight is 734 g/mol. The van der Waals surface area contributed by atoms with E-state index in [2.05, 4.69) is 137 Å². The molecule has 0 N–H and O–H groups in total. The van der Waals surface area contributed by atoms with Crippen LogP contribution in [-0.4, -0.2) is 24.0 Å². The van der Waals surface area contributed by atoms with Crippen LogP contribution in [0.5, 0.6) is 0 Å². The van der Waals surface area contributed by atoms with Crippen LogP contribution in [0.1, 0.15) is 131 Å². The van der Waals surface area contributed by atoms with Gasteiger partial charge in [0.1, 0.15) is 23.2 Å². The minimum absolute atomic E-state index is 0.0634. The lowest BCUT2D eigenvalue weighted by molar-refractivity contribution is -0.156. The predicted octanol–water partition coefficient (Wildman–Crippen LogP) is 12.2. The molecular formula is C49H66O3P+. The Bertz CT molecular complexity index is 1540. The predicted molar refractivity (Wildman–Crippen MR) is 229 cm³/mol. The van der Waals surface area contributed by atoms with Gasteiger partial charge in [-0.3, -0.25) is 9.59 Å². The molecule has 0 spiro atoms. The molecule has 0 saturated carbocycles. The maximum absolute atomic E-state index is 13.5. The topological polar surface area (TPSA) is 43.4 Å². The number of ether oxygens (including phenoxy) is 1. The van der Waals surface area contributed by atoms with Crippen LogP contribution in [0.3, 0.4) is 0 Å². The molecule has 3 nitrogen and oxygen atoms in total. The zero-order valence-electron chi connectivity index (χ0n) is 33.5. The quantitative estimate of drug-likeness (QED) is 0.0447. The van der Waals surface area contributed by atoms with Gasteiger partial charge in [0.15, 0.2) is 11.9 Å². The number of hydrogen-bond donors (Lipinski definition) is 0. The summed E-state index contributed by atoms with van der Waals surface area (Å²) in [4.78, 5) is 26.4. The van der Waals surface area contributed by atoms with E-state index < -0.39 is 13.4 Å². The Morgan fingerprint density at radius 2 is 1.15 bits per heavy atom. The molecule has 4 rings (SSSR count). The first-order valence-electron chi connectivity index (χ1n) is 20.5. The number of hydrogen-bond acceptors (Lipinski definition) is 3. The largest absolute Gasteiger partial charge is 0.454 e. The third kappa shape index (κ3) is 12.5. The molecule has 0 bridgehead atoms. The van der Waals surface area contributed by atoms with Gasteiger partial charge in [0.25, 0.3) is 0 Å². The van der Waals surface area contributed by atoms with Crippen LogP contribution in [0.4, 0.5) is 0 Å². The Hall–Kier alpha value is -3.55. The fourth-order valence-corrected chi connectivity index (χ4v) is 12.0. The van der Waals surface area contributed by atoms with Gasteiger partial charge in [-0.2, -0.15) is 0 Å². The van der Waals surface area contributed by atoms with E-state index >= 15 is 0 Å². The smallest absolute Gasteiger partial charge is 0.306 e. The first-order chi connectivity index (χ1) is 25.7. The minimum Gasteiger partial charge on any atom is -0.454 e. The lowest BCUT2D eigenvalue weighted by atomic mass is 9.71. The highest BCUT2D eigenvalue weighted by atomic mass is 31.2. The van der Waals surface area contributed by atoms with E-state index in [1.165, 1.54) is 80.1 Å². The summed E-state index contributed by atoms with van der Waals surface area (Å²) >= 11 is 0. The molecular weight excluding hydrogens is 668 g/mol. The second-order valence-electron chi connectivity index (χ2n) is 15.7. The fourth-order valence-electron chi connectivity index (χ4n) is 7.87. The number of Topliss-reactive ketones (excluding diaryl/α,β-unsaturated/α-hetero) is 1. The number of ketones is 1. The number of rotatable bonds is 22. The third-order valence-corrected chi connectivity index (χ3v) is 15.3. The molecule has 0 radical (unpaired) electrons. The van der Waals surface area contributed by atoms with E-state index in [4.69, 9.17) is 4.74 Å². The third-order valence-electron chi connectivity index (χ3n) is 11.0. The molecule has 0 aromatic heterocycles. The SMILES string of the molecule is CCCCCCCCCCCCCCCC(=O)O[C@@H]1CC(C)(C)C(/C=C/C(C)=C/C[P+](c2ccccc2)(c2ccccc2)c2ccccc2)=C(C)C1=O. The van der Waals surface area contributed by atoms with Crippen LogP contribution in [0.15, 0.2) is 126 Å². The van der Waals surface area contributed by atoms with Crippen molar-refractivity contribution in [2.75, 3.05) is 6.16 Å². The molecule has 53 heavy (non-hydrogen) atoms. The Kier molecular flexibility index (Phi) is 17.5. The van der Waals surface area contributed by atoms with Gasteiger partial charge in [-0.1, -0.05) is 170 Å². The van der Waals surface area contributed by atoms with Gasteiger partial charge >= 0.3 is 5.97 Å². The van der Waals surface area contributed by atoms with Gasteiger partial charge in [0.2, 0.25) is 0 Å². The molecule has 1 aliphatic carbocycles. The molecule has 4 heteroatoms. The lowest BCUT2D eigenvalue weighted by Gasteiger charge is -2.36. The molecule has 0 aliphatic heterocycles. The van der Waals surface area contributed by atoms with Gasteiger partial charge < -0.3 is 4.74 Å². The highest BCUT2D eigenvalue weighted by Gasteiger charge is 2.44. The summed E-state index contributed by atoms with van der Waals surface area (Å²) in [5.41, 5.74) is 2.58.